The van der Waals surface area contributed by atoms with Gasteiger partial charge in [-0.05, 0) is 37.8 Å². The zero-order chi connectivity index (χ0) is 18.7. The third kappa shape index (κ3) is 3.71. The molecule has 1 saturated heterocycles. The number of sulfonamides is 1. The van der Waals surface area contributed by atoms with Gasteiger partial charge in [0.25, 0.3) is 0 Å². The molecule has 8 heteroatoms. The molecule has 26 heavy (non-hydrogen) atoms. The first-order valence-corrected chi connectivity index (χ1v) is 10.1. The van der Waals surface area contributed by atoms with E-state index in [9.17, 15) is 8.42 Å². The predicted molar refractivity (Wildman–Crippen MR) is 98.0 cm³/mol. The summed E-state index contributed by atoms with van der Waals surface area (Å²) in [6.45, 7) is 3.91. The fourth-order valence-electron chi connectivity index (χ4n) is 3.33. The van der Waals surface area contributed by atoms with Crippen LogP contribution in [0.25, 0.3) is 0 Å². The standard InChI is InChI=1S/C18H25N3O4S/c1-14-19-8-11-20(14)13-15-6-9-21(10-7-15)26(22,23)16-4-5-17(24-2)18(12-16)25-3/h4-5,8,11-12,15H,6-7,9-10,13H2,1-3H3. The maximum absolute atomic E-state index is 12.9. The smallest absolute Gasteiger partial charge is 0.243 e. The van der Waals surface area contributed by atoms with Crippen LogP contribution in [-0.4, -0.2) is 49.6 Å². The molecular formula is C18H25N3O4S. The minimum Gasteiger partial charge on any atom is -0.493 e. The second-order valence-corrected chi connectivity index (χ2v) is 8.43. The number of imidazole rings is 1. The summed E-state index contributed by atoms with van der Waals surface area (Å²) in [5.41, 5.74) is 0. The summed E-state index contributed by atoms with van der Waals surface area (Å²) < 4.78 is 40.0. The summed E-state index contributed by atoms with van der Waals surface area (Å²) in [7, 11) is -0.510. The number of piperidine rings is 1. The molecule has 1 fully saturated rings. The summed E-state index contributed by atoms with van der Waals surface area (Å²) in [5.74, 6) is 2.38. The molecule has 0 amide bonds. The highest BCUT2D eigenvalue weighted by molar-refractivity contribution is 7.89. The molecule has 0 aliphatic carbocycles. The van der Waals surface area contributed by atoms with Gasteiger partial charge in [-0.3, -0.25) is 0 Å². The van der Waals surface area contributed by atoms with Gasteiger partial charge in [-0.2, -0.15) is 4.31 Å². The van der Waals surface area contributed by atoms with Crippen molar-refractivity contribution in [2.75, 3.05) is 27.3 Å². The van der Waals surface area contributed by atoms with Crippen molar-refractivity contribution < 1.29 is 17.9 Å². The molecule has 0 unspecified atom stereocenters. The number of rotatable bonds is 6. The zero-order valence-corrected chi connectivity index (χ0v) is 16.2. The Morgan fingerprint density at radius 3 is 2.42 bits per heavy atom. The van der Waals surface area contributed by atoms with Crippen molar-refractivity contribution in [1.29, 1.82) is 0 Å². The minimum absolute atomic E-state index is 0.235. The molecule has 2 heterocycles. The maximum atomic E-state index is 12.9. The molecule has 0 saturated carbocycles. The zero-order valence-electron chi connectivity index (χ0n) is 15.4. The first-order valence-electron chi connectivity index (χ1n) is 8.65. The van der Waals surface area contributed by atoms with Gasteiger partial charge in [0.05, 0.1) is 19.1 Å². The van der Waals surface area contributed by atoms with Crippen LogP contribution in [-0.2, 0) is 16.6 Å². The topological polar surface area (TPSA) is 73.7 Å². The third-order valence-electron chi connectivity index (χ3n) is 4.94. The summed E-state index contributed by atoms with van der Waals surface area (Å²) in [6, 6.07) is 4.72. The molecule has 0 radical (unpaired) electrons. The lowest BCUT2D eigenvalue weighted by atomic mass is 9.98. The van der Waals surface area contributed by atoms with Crippen molar-refractivity contribution in [3.8, 4) is 11.5 Å². The number of hydrogen-bond donors (Lipinski definition) is 0. The summed E-state index contributed by atoms with van der Waals surface area (Å²) in [5, 5.41) is 0. The van der Waals surface area contributed by atoms with Gasteiger partial charge in [0.15, 0.2) is 11.5 Å². The van der Waals surface area contributed by atoms with E-state index >= 15 is 0 Å². The summed E-state index contributed by atoms with van der Waals surface area (Å²) in [6.07, 6.45) is 5.45. The Labute approximate surface area is 154 Å². The van der Waals surface area contributed by atoms with Crippen LogP contribution in [0, 0.1) is 12.8 Å². The average Bonchev–Trinajstić information content (AvgIpc) is 3.06. The normalized spacial score (nSPS) is 16.6. The Morgan fingerprint density at radius 2 is 1.85 bits per heavy atom. The van der Waals surface area contributed by atoms with Crippen LogP contribution in [0.3, 0.4) is 0 Å². The highest BCUT2D eigenvalue weighted by atomic mass is 32.2. The van der Waals surface area contributed by atoms with Crippen molar-refractivity contribution in [2.24, 2.45) is 5.92 Å². The molecule has 0 spiro atoms. The fraction of sp³-hybridized carbons (Fsp3) is 0.500. The molecule has 2 aromatic rings. The highest BCUT2D eigenvalue weighted by Crippen LogP contribution is 2.32. The van der Waals surface area contributed by atoms with E-state index in [1.807, 2.05) is 13.1 Å². The van der Waals surface area contributed by atoms with E-state index in [1.54, 1.807) is 22.6 Å². The molecule has 1 aliphatic heterocycles. The molecule has 0 atom stereocenters. The van der Waals surface area contributed by atoms with E-state index in [2.05, 4.69) is 9.55 Å². The summed E-state index contributed by atoms with van der Waals surface area (Å²) >= 11 is 0. The lowest BCUT2D eigenvalue weighted by Gasteiger charge is -2.31. The number of nitrogens with zero attached hydrogens (tertiary/aromatic N) is 3. The van der Waals surface area contributed by atoms with Gasteiger partial charge in [-0.15, -0.1) is 0 Å². The van der Waals surface area contributed by atoms with E-state index in [1.165, 1.54) is 20.3 Å². The number of ether oxygens (including phenoxy) is 2. The Kier molecular flexibility index (Phi) is 5.52. The van der Waals surface area contributed by atoms with Gasteiger partial charge in [0.2, 0.25) is 10.0 Å². The number of hydrogen-bond acceptors (Lipinski definition) is 5. The SMILES string of the molecule is COc1ccc(S(=O)(=O)N2CCC(Cn3ccnc3C)CC2)cc1OC. The molecule has 142 valence electrons. The molecule has 1 aliphatic rings. The highest BCUT2D eigenvalue weighted by Gasteiger charge is 2.30. The van der Waals surface area contributed by atoms with E-state index in [-0.39, 0.29) is 4.90 Å². The van der Waals surface area contributed by atoms with Crippen molar-refractivity contribution >= 4 is 10.0 Å². The lowest BCUT2D eigenvalue weighted by molar-refractivity contribution is 0.252. The second kappa shape index (κ2) is 7.67. The quantitative estimate of drug-likeness (QED) is 0.770. The Hall–Kier alpha value is -2.06. The van der Waals surface area contributed by atoms with Gasteiger partial charge in [0.1, 0.15) is 5.82 Å². The number of methoxy groups -OCH3 is 2. The van der Waals surface area contributed by atoms with Gasteiger partial charge in [0, 0.05) is 38.1 Å². The largest absolute Gasteiger partial charge is 0.493 e. The first kappa shape index (κ1) is 18.7. The molecule has 1 aromatic carbocycles. The van der Waals surface area contributed by atoms with E-state index < -0.39 is 10.0 Å². The fourth-order valence-corrected chi connectivity index (χ4v) is 4.82. The van der Waals surface area contributed by atoms with Crippen LogP contribution >= 0.6 is 0 Å². The monoisotopic (exact) mass is 379 g/mol. The van der Waals surface area contributed by atoms with Crippen LogP contribution in [0.1, 0.15) is 18.7 Å². The van der Waals surface area contributed by atoms with Gasteiger partial charge < -0.3 is 14.0 Å². The predicted octanol–water partition coefficient (Wildman–Crippen LogP) is 2.31. The van der Waals surface area contributed by atoms with Crippen LogP contribution in [0.4, 0.5) is 0 Å². The third-order valence-corrected chi connectivity index (χ3v) is 6.84. The summed E-state index contributed by atoms with van der Waals surface area (Å²) in [4.78, 5) is 4.48. The number of aryl methyl sites for hydroxylation is 1. The first-order chi connectivity index (χ1) is 12.5. The van der Waals surface area contributed by atoms with Crippen LogP contribution in [0.15, 0.2) is 35.5 Å². The van der Waals surface area contributed by atoms with E-state index in [0.29, 0.717) is 30.5 Å². The van der Waals surface area contributed by atoms with Gasteiger partial charge in [-0.1, -0.05) is 0 Å². The van der Waals surface area contributed by atoms with Crippen molar-refractivity contribution in [3.63, 3.8) is 0 Å². The number of benzene rings is 1. The molecule has 0 bridgehead atoms. The minimum atomic E-state index is -3.53. The molecule has 1 aromatic heterocycles. The van der Waals surface area contributed by atoms with E-state index in [0.717, 1.165) is 25.2 Å². The van der Waals surface area contributed by atoms with Crippen molar-refractivity contribution in [1.82, 2.24) is 13.9 Å². The van der Waals surface area contributed by atoms with Crippen LogP contribution < -0.4 is 9.47 Å². The average molecular weight is 379 g/mol. The maximum Gasteiger partial charge on any atom is 0.243 e. The van der Waals surface area contributed by atoms with Crippen molar-refractivity contribution in [3.05, 3.63) is 36.4 Å². The lowest BCUT2D eigenvalue weighted by Crippen LogP contribution is -2.39. The van der Waals surface area contributed by atoms with Crippen molar-refractivity contribution in [2.45, 2.75) is 31.2 Å². The molecule has 3 rings (SSSR count). The number of aromatic nitrogens is 2. The Bertz CT molecular complexity index is 855. The molecule has 7 nitrogen and oxygen atoms in total. The van der Waals surface area contributed by atoms with Crippen LogP contribution in [0.5, 0.6) is 11.5 Å². The van der Waals surface area contributed by atoms with Gasteiger partial charge in [-0.25, -0.2) is 13.4 Å². The van der Waals surface area contributed by atoms with E-state index in [4.69, 9.17) is 9.47 Å². The van der Waals surface area contributed by atoms with Gasteiger partial charge >= 0.3 is 0 Å². The second-order valence-electron chi connectivity index (χ2n) is 6.49. The Morgan fingerprint density at radius 1 is 1.15 bits per heavy atom. The van der Waals surface area contributed by atoms with Crippen LogP contribution in [0.2, 0.25) is 0 Å². The Balaban J connectivity index is 1.69. The molecule has 0 N–H and O–H groups in total. The molecular weight excluding hydrogens is 354 g/mol.